The van der Waals surface area contributed by atoms with Crippen LogP contribution in [0.4, 0.5) is 8.78 Å². The van der Waals surface area contributed by atoms with Crippen molar-refractivity contribution < 1.29 is 45.6 Å². The number of ether oxygens (including phenoxy) is 2. The van der Waals surface area contributed by atoms with Crippen molar-refractivity contribution >= 4 is 22.0 Å². The number of carboxylic acid groups (broad SMARTS) is 1. The van der Waals surface area contributed by atoms with Crippen molar-refractivity contribution in [2.45, 2.75) is 19.1 Å². The van der Waals surface area contributed by atoms with Crippen molar-refractivity contribution in [1.82, 2.24) is 5.32 Å². The zero-order valence-electron chi connectivity index (χ0n) is 20.7. The minimum Gasteiger partial charge on any atom is -0.496 e. The molecule has 3 aromatic carbocycles. The highest BCUT2D eigenvalue weighted by Crippen LogP contribution is 2.40. The van der Waals surface area contributed by atoms with Crippen LogP contribution in [-0.2, 0) is 32.1 Å². The van der Waals surface area contributed by atoms with Gasteiger partial charge in [-0.2, -0.15) is 8.42 Å². The summed E-state index contributed by atoms with van der Waals surface area (Å²) < 4.78 is 66.3. The van der Waals surface area contributed by atoms with Crippen LogP contribution in [0.15, 0.2) is 54.6 Å². The predicted molar refractivity (Wildman–Crippen MR) is 134 cm³/mol. The molecule has 2 N–H and O–H groups in total. The zero-order chi connectivity index (χ0) is 28.0. The molecule has 0 unspecified atom stereocenters. The van der Waals surface area contributed by atoms with Crippen molar-refractivity contribution in [3.8, 4) is 22.6 Å². The standard InChI is InChI=1S/C26H25F2NO8S/c1-35-21-12-16(14-37-38(3,33)34)13-22(36-2)23(21)17-9-7-15(8-10-17)11-20(26(31)32)29-25(30)24-18(27)5-4-6-19(24)28/h4-10,12-13,20H,11,14H2,1-3H3,(H,29,30)(H,31,32)/t20-/m0/s1. The van der Waals surface area contributed by atoms with Gasteiger partial charge in [0, 0.05) is 6.42 Å². The number of methoxy groups -OCH3 is 2. The van der Waals surface area contributed by atoms with Gasteiger partial charge in [0.05, 0.1) is 32.6 Å². The molecule has 0 saturated carbocycles. The monoisotopic (exact) mass is 549 g/mol. The summed E-state index contributed by atoms with van der Waals surface area (Å²) in [6.07, 6.45) is 0.781. The number of rotatable bonds is 11. The first-order valence-corrected chi connectivity index (χ1v) is 12.9. The summed E-state index contributed by atoms with van der Waals surface area (Å²) in [6.45, 7) is -0.218. The molecule has 12 heteroatoms. The molecule has 0 aliphatic heterocycles. The second-order valence-corrected chi connectivity index (χ2v) is 9.85. The van der Waals surface area contributed by atoms with E-state index in [1.54, 1.807) is 36.4 Å². The molecule has 0 aliphatic carbocycles. The molecule has 3 rings (SSSR count). The lowest BCUT2D eigenvalue weighted by Gasteiger charge is -2.17. The van der Waals surface area contributed by atoms with E-state index in [1.807, 2.05) is 0 Å². The van der Waals surface area contributed by atoms with E-state index < -0.39 is 45.2 Å². The summed E-state index contributed by atoms with van der Waals surface area (Å²) in [5.74, 6) is -4.01. The van der Waals surface area contributed by atoms with Gasteiger partial charge in [-0.25, -0.2) is 13.6 Å². The van der Waals surface area contributed by atoms with Crippen LogP contribution >= 0.6 is 0 Å². The van der Waals surface area contributed by atoms with Crippen LogP contribution in [0.2, 0.25) is 0 Å². The lowest BCUT2D eigenvalue weighted by molar-refractivity contribution is -0.139. The van der Waals surface area contributed by atoms with Crippen LogP contribution in [-0.4, -0.2) is 51.9 Å². The van der Waals surface area contributed by atoms with E-state index in [0.29, 0.717) is 33.8 Å². The molecule has 0 spiro atoms. The van der Waals surface area contributed by atoms with Gasteiger partial charge >= 0.3 is 5.97 Å². The Labute approximate surface area is 218 Å². The maximum atomic E-state index is 13.9. The molecule has 0 heterocycles. The highest BCUT2D eigenvalue weighted by atomic mass is 32.2. The minimum absolute atomic E-state index is 0.159. The number of hydrogen-bond donors (Lipinski definition) is 2. The van der Waals surface area contributed by atoms with Gasteiger partial charge in [-0.05, 0) is 41.0 Å². The lowest BCUT2D eigenvalue weighted by Crippen LogP contribution is -2.42. The van der Waals surface area contributed by atoms with Gasteiger partial charge in [0.1, 0.15) is 34.7 Å². The topological polar surface area (TPSA) is 128 Å². The summed E-state index contributed by atoms with van der Waals surface area (Å²) in [4.78, 5) is 24.1. The molecule has 0 aliphatic rings. The highest BCUT2D eigenvalue weighted by molar-refractivity contribution is 7.85. The first-order chi connectivity index (χ1) is 17.9. The number of nitrogens with one attached hydrogen (secondary N) is 1. The van der Waals surface area contributed by atoms with Gasteiger partial charge in [0.15, 0.2) is 0 Å². The molecule has 38 heavy (non-hydrogen) atoms. The number of aliphatic carboxylic acids is 1. The average Bonchev–Trinajstić information content (AvgIpc) is 2.86. The number of carboxylic acids is 1. The van der Waals surface area contributed by atoms with Gasteiger partial charge in [0.2, 0.25) is 0 Å². The molecular weight excluding hydrogens is 524 g/mol. The van der Waals surface area contributed by atoms with E-state index >= 15 is 0 Å². The van der Waals surface area contributed by atoms with Crippen LogP contribution in [0.25, 0.3) is 11.1 Å². The van der Waals surface area contributed by atoms with E-state index in [2.05, 4.69) is 5.32 Å². The van der Waals surface area contributed by atoms with E-state index in [9.17, 15) is 31.9 Å². The lowest BCUT2D eigenvalue weighted by atomic mass is 9.98. The summed E-state index contributed by atoms with van der Waals surface area (Å²) >= 11 is 0. The third kappa shape index (κ3) is 7.05. The average molecular weight is 550 g/mol. The molecule has 0 radical (unpaired) electrons. The molecule has 0 fully saturated rings. The fourth-order valence-electron chi connectivity index (χ4n) is 3.70. The highest BCUT2D eigenvalue weighted by Gasteiger charge is 2.25. The third-order valence-electron chi connectivity index (χ3n) is 5.48. The number of carbonyl (C=O) groups excluding carboxylic acids is 1. The van der Waals surface area contributed by atoms with E-state index in [0.717, 1.165) is 24.5 Å². The normalized spacial score (nSPS) is 12.0. The summed E-state index contributed by atoms with van der Waals surface area (Å²) in [7, 11) is -0.786. The Morgan fingerprint density at radius 3 is 1.97 bits per heavy atom. The quantitative estimate of drug-likeness (QED) is 0.348. The Morgan fingerprint density at radius 1 is 0.947 bits per heavy atom. The first-order valence-electron chi connectivity index (χ1n) is 11.1. The molecule has 202 valence electrons. The molecule has 0 saturated heterocycles. The molecular formula is C26H25F2NO8S. The van der Waals surface area contributed by atoms with Crippen LogP contribution in [0.5, 0.6) is 11.5 Å². The summed E-state index contributed by atoms with van der Waals surface area (Å²) in [6, 6.07) is 11.3. The molecule has 1 atom stereocenters. The number of hydrogen-bond acceptors (Lipinski definition) is 7. The fraction of sp³-hybridized carbons (Fsp3) is 0.231. The van der Waals surface area contributed by atoms with E-state index in [1.165, 1.54) is 14.2 Å². The van der Waals surface area contributed by atoms with Crippen LogP contribution in [0.1, 0.15) is 21.5 Å². The first kappa shape index (κ1) is 28.5. The maximum Gasteiger partial charge on any atom is 0.326 e. The smallest absolute Gasteiger partial charge is 0.326 e. The Kier molecular flexibility index (Phi) is 9.02. The van der Waals surface area contributed by atoms with Crippen molar-refractivity contribution in [2.24, 2.45) is 0 Å². The van der Waals surface area contributed by atoms with Crippen LogP contribution < -0.4 is 14.8 Å². The second kappa shape index (κ2) is 12.0. The van der Waals surface area contributed by atoms with Crippen LogP contribution in [0, 0.1) is 11.6 Å². The Hall–Kier alpha value is -4.03. The second-order valence-electron chi connectivity index (χ2n) is 8.20. The summed E-state index contributed by atoms with van der Waals surface area (Å²) in [5, 5.41) is 11.7. The fourth-order valence-corrected chi connectivity index (χ4v) is 4.05. The van der Waals surface area contributed by atoms with Gasteiger partial charge < -0.3 is 19.9 Å². The number of halogens is 2. The largest absolute Gasteiger partial charge is 0.496 e. The van der Waals surface area contributed by atoms with Crippen molar-refractivity contribution in [2.75, 3.05) is 20.5 Å². The third-order valence-corrected chi connectivity index (χ3v) is 6.03. The minimum atomic E-state index is -3.66. The number of benzene rings is 3. The van der Waals surface area contributed by atoms with Crippen molar-refractivity contribution in [1.29, 1.82) is 0 Å². The Bertz CT molecular complexity index is 1400. The maximum absolute atomic E-state index is 13.9. The van der Waals surface area contributed by atoms with E-state index in [4.69, 9.17) is 13.7 Å². The van der Waals surface area contributed by atoms with Crippen LogP contribution in [0.3, 0.4) is 0 Å². The summed E-state index contributed by atoms with van der Waals surface area (Å²) in [5.41, 5.74) is 1.35. The Balaban J connectivity index is 1.84. The van der Waals surface area contributed by atoms with Gasteiger partial charge in [-0.3, -0.25) is 8.98 Å². The number of amides is 1. The molecule has 3 aromatic rings. The predicted octanol–water partition coefficient (Wildman–Crippen LogP) is 3.55. The van der Waals surface area contributed by atoms with Gasteiger partial charge in [-0.1, -0.05) is 30.3 Å². The van der Waals surface area contributed by atoms with Gasteiger partial charge in [0.25, 0.3) is 16.0 Å². The molecule has 9 nitrogen and oxygen atoms in total. The molecule has 1 amide bonds. The SMILES string of the molecule is COc1cc(COS(C)(=O)=O)cc(OC)c1-c1ccc(C[C@H](NC(=O)c2c(F)cccc2F)C(=O)O)cc1. The van der Waals surface area contributed by atoms with Crippen molar-refractivity contribution in [3.05, 3.63) is 82.9 Å². The Morgan fingerprint density at radius 2 is 1.50 bits per heavy atom. The molecule has 0 bridgehead atoms. The van der Waals surface area contributed by atoms with Gasteiger partial charge in [-0.15, -0.1) is 0 Å². The number of carbonyl (C=O) groups is 2. The van der Waals surface area contributed by atoms with E-state index in [-0.39, 0.29) is 13.0 Å². The van der Waals surface area contributed by atoms with Crippen molar-refractivity contribution in [3.63, 3.8) is 0 Å². The molecule has 0 aromatic heterocycles. The zero-order valence-corrected chi connectivity index (χ0v) is 21.5.